The van der Waals surface area contributed by atoms with Crippen LogP contribution < -0.4 is 10.3 Å². The van der Waals surface area contributed by atoms with Gasteiger partial charge in [-0.1, -0.05) is 78.9 Å². The number of ether oxygens (including phenoxy) is 2. The molecule has 5 aromatic rings. The van der Waals surface area contributed by atoms with Crippen LogP contribution >= 0.6 is 0 Å². The normalized spacial score (nSPS) is 13.3. The summed E-state index contributed by atoms with van der Waals surface area (Å²) < 4.78 is 11.5. The van der Waals surface area contributed by atoms with E-state index in [0.717, 1.165) is 0 Å². The van der Waals surface area contributed by atoms with Gasteiger partial charge in [0.2, 0.25) is 11.7 Å². The van der Waals surface area contributed by atoms with Crippen LogP contribution in [0.3, 0.4) is 0 Å². The van der Waals surface area contributed by atoms with Crippen molar-refractivity contribution in [3.05, 3.63) is 147 Å². The van der Waals surface area contributed by atoms with Crippen LogP contribution in [0, 0.1) is 0 Å². The first-order valence-electron chi connectivity index (χ1n) is 13.1. The minimum absolute atomic E-state index is 0.157. The molecule has 42 heavy (non-hydrogen) atoms. The van der Waals surface area contributed by atoms with Crippen molar-refractivity contribution in [1.29, 1.82) is 0 Å². The molecule has 9 heteroatoms. The van der Waals surface area contributed by atoms with E-state index in [0.29, 0.717) is 32.8 Å². The van der Waals surface area contributed by atoms with Crippen molar-refractivity contribution in [3.8, 4) is 5.75 Å². The SMILES string of the molecule is COc1ccc(C(ON2C(=O)c3ccccc3C2=O)C(=O)OC(c2ccccc2)c2ccccc2)c2ccc(=O)[nH]c12. The molecule has 9 nitrogen and oxygen atoms in total. The van der Waals surface area contributed by atoms with Crippen LogP contribution in [0.4, 0.5) is 0 Å². The third-order valence-electron chi connectivity index (χ3n) is 7.01. The molecule has 0 fully saturated rings. The summed E-state index contributed by atoms with van der Waals surface area (Å²) in [6.45, 7) is 0. The third kappa shape index (κ3) is 4.82. The average Bonchev–Trinajstić information content (AvgIpc) is 3.27. The van der Waals surface area contributed by atoms with E-state index in [-0.39, 0.29) is 22.2 Å². The summed E-state index contributed by atoms with van der Waals surface area (Å²) in [7, 11) is 1.45. The molecule has 0 saturated carbocycles. The van der Waals surface area contributed by atoms with Gasteiger partial charge in [-0.2, -0.15) is 0 Å². The highest BCUT2D eigenvalue weighted by atomic mass is 16.7. The number of aromatic nitrogens is 1. The lowest BCUT2D eigenvalue weighted by Crippen LogP contribution is -2.35. The number of carbonyl (C=O) groups excluding carboxylic acids is 3. The highest BCUT2D eigenvalue weighted by molar-refractivity contribution is 6.20. The van der Waals surface area contributed by atoms with Crippen molar-refractivity contribution in [1.82, 2.24) is 10.0 Å². The van der Waals surface area contributed by atoms with Gasteiger partial charge in [-0.05, 0) is 35.4 Å². The second-order valence-electron chi connectivity index (χ2n) is 9.54. The second-order valence-corrected chi connectivity index (χ2v) is 9.54. The first kappa shape index (κ1) is 26.7. The lowest BCUT2D eigenvalue weighted by atomic mass is 10.0. The number of nitrogens with zero attached hydrogens (tertiary/aromatic N) is 1. The number of benzene rings is 4. The van der Waals surface area contributed by atoms with Gasteiger partial charge in [-0.3, -0.25) is 14.4 Å². The molecule has 0 spiro atoms. The summed E-state index contributed by atoms with van der Waals surface area (Å²) in [5, 5.41) is 0.988. The largest absolute Gasteiger partial charge is 0.495 e. The van der Waals surface area contributed by atoms with E-state index < -0.39 is 30.0 Å². The number of hydrogen-bond acceptors (Lipinski definition) is 7. The number of carbonyl (C=O) groups is 3. The van der Waals surface area contributed by atoms with E-state index in [9.17, 15) is 19.2 Å². The summed E-state index contributed by atoms with van der Waals surface area (Å²) in [5.41, 5.74) is 1.92. The topological polar surface area (TPSA) is 115 Å². The Morgan fingerprint density at radius 3 is 1.86 bits per heavy atom. The average molecular weight is 561 g/mol. The number of amides is 2. The van der Waals surface area contributed by atoms with Crippen molar-refractivity contribution in [2.24, 2.45) is 0 Å². The van der Waals surface area contributed by atoms with Crippen LogP contribution in [0.1, 0.15) is 49.6 Å². The Hall–Kier alpha value is -5.54. The highest BCUT2D eigenvalue weighted by Gasteiger charge is 2.41. The Morgan fingerprint density at radius 2 is 1.29 bits per heavy atom. The molecule has 208 valence electrons. The summed E-state index contributed by atoms with van der Waals surface area (Å²) in [4.78, 5) is 61.5. The summed E-state index contributed by atoms with van der Waals surface area (Å²) in [6, 6.07) is 30.6. The van der Waals surface area contributed by atoms with Crippen LogP contribution in [0.15, 0.2) is 114 Å². The number of methoxy groups -OCH3 is 1. The number of fused-ring (bicyclic) bond motifs is 2. The number of esters is 1. The fourth-order valence-corrected chi connectivity index (χ4v) is 5.00. The van der Waals surface area contributed by atoms with Crippen molar-refractivity contribution in [2.75, 3.05) is 7.11 Å². The molecule has 1 aliphatic rings. The van der Waals surface area contributed by atoms with E-state index in [1.54, 1.807) is 24.3 Å². The first-order valence-corrected chi connectivity index (χ1v) is 13.1. The van der Waals surface area contributed by atoms with Crippen LogP contribution in [0.2, 0.25) is 0 Å². The molecule has 1 atom stereocenters. The quantitative estimate of drug-likeness (QED) is 0.206. The van der Waals surface area contributed by atoms with Gasteiger partial charge < -0.3 is 14.5 Å². The Kier molecular flexibility index (Phi) is 7.08. The summed E-state index contributed by atoms with van der Waals surface area (Å²) in [6.07, 6.45) is -2.40. The zero-order valence-corrected chi connectivity index (χ0v) is 22.4. The van der Waals surface area contributed by atoms with Crippen LogP contribution in [0.25, 0.3) is 10.9 Å². The van der Waals surface area contributed by atoms with E-state index in [4.69, 9.17) is 14.3 Å². The Labute approximate surface area is 239 Å². The van der Waals surface area contributed by atoms with Crippen LogP contribution in [-0.4, -0.2) is 34.9 Å². The van der Waals surface area contributed by atoms with Crippen molar-refractivity contribution >= 4 is 28.7 Å². The Morgan fingerprint density at radius 1 is 0.714 bits per heavy atom. The van der Waals surface area contributed by atoms with E-state index in [2.05, 4.69) is 4.98 Å². The van der Waals surface area contributed by atoms with Gasteiger partial charge in [0.15, 0.2) is 6.10 Å². The number of rotatable bonds is 8. The predicted octanol–water partition coefficient (Wildman–Crippen LogP) is 5.14. The standard InChI is InChI=1S/C33H24N2O7/c1-40-26-18-16-23(22-17-19-27(36)34-28(22)26)30(42-35-31(37)24-14-8-9-15-25(24)32(35)38)33(39)41-29(20-10-4-2-5-11-20)21-12-6-3-7-13-21/h2-19,29-30H,1H3,(H,34,36). The molecule has 0 radical (unpaired) electrons. The molecule has 0 saturated heterocycles. The number of pyridine rings is 1. The minimum Gasteiger partial charge on any atom is -0.495 e. The monoisotopic (exact) mass is 560 g/mol. The van der Waals surface area contributed by atoms with Gasteiger partial charge in [0.1, 0.15) is 5.75 Å². The molecule has 1 unspecified atom stereocenters. The molecule has 2 heterocycles. The van der Waals surface area contributed by atoms with Gasteiger partial charge in [0.05, 0.1) is 23.8 Å². The number of aromatic amines is 1. The lowest BCUT2D eigenvalue weighted by molar-refractivity contribution is -0.184. The smallest absolute Gasteiger partial charge is 0.343 e. The van der Waals surface area contributed by atoms with Gasteiger partial charge >= 0.3 is 5.97 Å². The van der Waals surface area contributed by atoms with E-state index >= 15 is 0 Å². The summed E-state index contributed by atoms with van der Waals surface area (Å²) >= 11 is 0. The van der Waals surface area contributed by atoms with Crippen molar-refractivity contribution < 1.29 is 28.7 Å². The first-order chi connectivity index (χ1) is 20.5. The molecule has 0 bridgehead atoms. The molecule has 1 aromatic heterocycles. The van der Waals surface area contributed by atoms with Gasteiger partial charge in [0, 0.05) is 17.0 Å². The second kappa shape index (κ2) is 11.1. The lowest BCUT2D eigenvalue weighted by Gasteiger charge is -2.26. The summed E-state index contributed by atoms with van der Waals surface area (Å²) in [5.74, 6) is -1.92. The third-order valence-corrected chi connectivity index (χ3v) is 7.01. The number of nitrogens with one attached hydrogen (secondary N) is 1. The number of imide groups is 1. The van der Waals surface area contributed by atoms with Crippen LogP contribution in [-0.2, 0) is 14.4 Å². The minimum atomic E-state index is -1.58. The maximum absolute atomic E-state index is 14.1. The molecule has 0 aliphatic carbocycles. The maximum Gasteiger partial charge on any atom is 0.343 e. The maximum atomic E-state index is 14.1. The fraction of sp³-hybridized carbons (Fsp3) is 0.0909. The predicted molar refractivity (Wildman–Crippen MR) is 153 cm³/mol. The van der Waals surface area contributed by atoms with Gasteiger partial charge in [-0.15, -0.1) is 5.06 Å². The molecule has 4 aromatic carbocycles. The van der Waals surface area contributed by atoms with Crippen molar-refractivity contribution in [3.63, 3.8) is 0 Å². The number of H-pyrrole nitrogens is 1. The molecular formula is C33H24N2O7. The molecular weight excluding hydrogens is 536 g/mol. The highest BCUT2D eigenvalue weighted by Crippen LogP contribution is 2.36. The van der Waals surface area contributed by atoms with Crippen molar-refractivity contribution in [2.45, 2.75) is 12.2 Å². The molecule has 1 N–H and O–H groups in total. The Balaban J connectivity index is 1.46. The van der Waals surface area contributed by atoms with Crippen LogP contribution in [0.5, 0.6) is 5.75 Å². The van der Waals surface area contributed by atoms with Gasteiger partial charge in [-0.25, -0.2) is 9.63 Å². The Bertz CT molecular complexity index is 1790. The van der Waals surface area contributed by atoms with Gasteiger partial charge in [0.25, 0.3) is 11.8 Å². The molecule has 2 amide bonds. The molecule has 6 rings (SSSR count). The number of hydroxylamine groups is 2. The number of hydrogen-bond donors (Lipinski definition) is 1. The zero-order valence-electron chi connectivity index (χ0n) is 22.4. The van der Waals surface area contributed by atoms with E-state index in [1.807, 2.05) is 60.7 Å². The fourth-order valence-electron chi connectivity index (χ4n) is 5.00. The molecule has 1 aliphatic heterocycles. The zero-order chi connectivity index (χ0) is 29.2. The van der Waals surface area contributed by atoms with E-state index in [1.165, 1.54) is 31.4 Å².